The number of piperidine rings is 1. The molecule has 0 aliphatic carbocycles. The minimum Gasteiger partial charge on any atom is -0.482 e. The van der Waals surface area contributed by atoms with E-state index in [1.165, 1.54) is 12.1 Å². The van der Waals surface area contributed by atoms with Crippen molar-refractivity contribution in [2.24, 2.45) is 0 Å². The first-order valence-electron chi connectivity index (χ1n) is 6.76. The Balaban J connectivity index is 1.91. The molecule has 1 amide bonds. The molecule has 0 aromatic heterocycles. The van der Waals surface area contributed by atoms with Crippen molar-refractivity contribution in [1.82, 2.24) is 5.32 Å². The van der Waals surface area contributed by atoms with Crippen LogP contribution in [0.3, 0.4) is 0 Å². The van der Waals surface area contributed by atoms with E-state index in [1.807, 2.05) is 0 Å². The molecule has 1 aromatic carbocycles. The number of amides is 1. The first-order chi connectivity index (χ1) is 10.1. The van der Waals surface area contributed by atoms with Gasteiger partial charge in [0.15, 0.2) is 18.1 Å². The Bertz CT molecular complexity index is 583. The molecule has 2 aliphatic heterocycles. The number of carbonyl (C=O) groups excluding carboxylic acids is 1. The second-order valence-electron chi connectivity index (χ2n) is 5.00. The van der Waals surface area contributed by atoms with Crippen LogP contribution < -0.4 is 20.1 Å². The van der Waals surface area contributed by atoms with E-state index >= 15 is 0 Å². The predicted octanol–water partition coefficient (Wildman–Crippen LogP) is 1.06. The van der Waals surface area contributed by atoms with Gasteiger partial charge in [0, 0.05) is 12.6 Å². The van der Waals surface area contributed by atoms with Crippen molar-refractivity contribution < 1.29 is 19.2 Å². The summed E-state index contributed by atoms with van der Waals surface area (Å²) in [7, 11) is 0. The van der Waals surface area contributed by atoms with Gasteiger partial charge in [-0.25, -0.2) is 0 Å². The van der Waals surface area contributed by atoms with Crippen LogP contribution in [0.2, 0.25) is 0 Å². The number of nitrogens with one attached hydrogen (secondary N) is 2. The standard InChI is InChI=1S/C13H15N3O5/c17-13-7-20-11-5-10(16(18)19)12(4-9(11)15-13)21-8-2-1-3-14-6-8/h4-5,8,14H,1-3,6-7H2,(H,15,17)/t8-/m0/s1. The predicted molar refractivity (Wildman–Crippen MR) is 73.7 cm³/mol. The van der Waals surface area contributed by atoms with Gasteiger partial charge in [-0.2, -0.15) is 0 Å². The highest BCUT2D eigenvalue weighted by molar-refractivity contribution is 5.96. The molecule has 2 aliphatic rings. The largest absolute Gasteiger partial charge is 0.482 e. The number of fused-ring (bicyclic) bond motifs is 1. The maximum atomic E-state index is 11.3. The molecule has 0 bridgehead atoms. The summed E-state index contributed by atoms with van der Waals surface area (Å²) in [5, 5.41) is 17.0. The minimum atomic E-state index is -0.508. The van der Waals surface area contributed by atoms with Gasteiger partial charge in [0.05, 0.1) is 16.7 Å². The number of ether oxygens (including phenoxy) is 2. The number of nitro groups is 1. The van der Waals surface area contributed by atoms with Crippen LogP contribution in [0.4, 0.5) is 11.4 Å². The van der Waals surface area contributed by atoms with Crippen molar-refractivity contribution in [1.29, 1.82) is 0 Å². The van der Waals surface area contributed by atoms with Crippen LogP contribution in [0.1, 0.15) is 12.8 Å². The maximum Gasteiger partial charge on any atom is 0.314 e. The molecule has 3 rings (SSSR count). The lowest BCUT2D eigenvalue weighted by atomic mass is 10.1. The molecule has 2 N–H and O–H groups in total. The average Bonchev–Trinajstić information content (AvgIpc) is 2.47. The molecule has 112 valence electrons. The number of nitro benzene ring substituents is 1. The molecule has 2 heterocycles. The highest BCUT2D eigenvalue weighted by Crippen LogP contribution is 2.39. The van der Waals surface area contributed by atoms with Crippen molar-refractivity contribution in [3.05, 3.63) is 22.2 Å². The number of hydrogen-bond acceptors (Lipinski definition) is 6. The van der Waals surface area contributed by atoms with Crippen LogP contribution in [-0.4, -0.2) is 36.6 Å². The van der Waals surface area contributed by atoms with E-state index in [0.717, 1.165) is 19.4 Å². The van der Waals surface area contributed by atoms with Gasteiger partial charge < -0.3 is 20.1 Å². The third-order valence-corrected chi connectivity index (χ3v) is 3.44. The summed E-state index contributed by atoms with van der Waals surface area (Å²) in [6.45, 7) is 1.43. The fraction of sp³-hybridized carbons (Fsp3) is 0.462. The number of benzene rings is 1. The number of hydrogen-bond donors (Lipinski definition) is 2. The zero-order valence-corrected chi connectivity index (χ0v) is 11.3. The Kier molecular flexibility index (Phi) is 3.61. The fourth-order valence-electron chi connectivity index (χ4n) is 2.43. The van der Waals surface area contributed by atoms with Crippen molar-refractivity contribution in [2.75, 3.05) is 25.0 Å². The van der Waals surface area contributed by atoms with Gasteiger partial charge >= 0.3 is 5.69 Å². The Labute approximate surface area is 120 Å². The van der Waals surface area contributed by atoms with E-state index in [1.54, 1.807) is 0 Å². The van der Waals surface area contributed by atoms with Gasteiger partial charge in [0.25, 0.3) is 5.91 Å². The molecule has 1 fully saturated rings. The Morgan fingerprint density at radius 3 is 3.00 bits per heavy atom. The smallest absolute Gasteiger partial charge is 0.314 e. The Morgan fingerprint density at radius 1 is 1.43 bits per heavy atom. The SMILES string of the molecule is O=C1COc2cc([N+](=O)[O-])c(O[C@H]3CCCNC3)cc2N1. The normalized spacial score (nSPS) is 21.0. The molecular weight excluding hydrogens is 278 g/mol. The zero-order chi connectivity index (χ0) is 14.8. The maximum absolute atomic E-state index is 11.3. The lowest BCUT2D eigenvalue weighted by Crippen LogP contribution is -2.37. The van der Waals surface area contributed by atoms with Crippen LogP contribution in [0.25, 0.3) is 0 Å². The second-order valence-corrected chi connectivity index (χ2v) is 5.00. The van der Waals surface area contributed by atoms with Gasteiger partial charge in [0.1, 0.15) is 6.10 Å². The fourth-order valence-corrected chi connectivity index (χ4v) is 2.43. The van der Waals surface area contributed by atoms with Crippen molar-refractivity contribution in [2.45, 2.75) is 18.9 Å². The lowest BCUT2D eigenvalue weighted by Gasteiger charge is -2.25. The third-order valence-electron chi connectivity index (χ3n) is 3.44. The quantitative estimate of drug-likeness (QED) is 0.638. The highest BCUT2D eigenvalue weighted by Gasteiger charge is 2.26. The molecule has 1 aromatic rings. The summed E-state index contributed by atoms with van der Waals surface area (Å²) in [5.74, 6) is 0.148. The van der Waals surface area contributed by atoms with Crippen molar-refractivity contribution in [3.8, 4) is 11.5 Å². The number of carbonyl (C=O) groups is 1. The number of nitrogens with zero attached hydrogens (tertiary/aromatic N) is 1. The van der Waals surface area contributed by atoms with E-state index in [2.05, 4.69) is 10.6 Å². The molecule has 21 heavy (non-hydrogen) atoms. The summed E-state index contributed by atoms with van der Waals surface area (Å²) in [4.78, 5) is 22.0. The van der Waals surface area contributed by atoms with Gasteiger partial charge in [-0.3, -0.25) is 14.9 Å². The Morgan fingerprint density at radius 2 is 2.29 bits per heavy atom. The van der Waals surface area contributed by atoms with E-state index in [9.17, 15) is 14.9 Å². The zero-order valence-electron chi connectivity index (χ0n) is 11.3. The van der Waals surface area contributed by atoms with E-state index in [-0.39, 0.29) is 35.8 Å². The number of anilines is 1. The van der Waals surface area contributed by atoms with E-state index < -0.39 is 4.92 Å². The van der Waals surface area contributed by atoms with Crippen LogP contribution in [-0.2, 0) is 4.79 Å². The van der Waals surface area contributed by atoms with Crippen molar-refractivity contribution >= 4 is 17.3 Å². The number of rotatable bonds is 3. The molecule has 0 unspecified atom stereocenters. The molecule has 1 saturated heterocycles. The van der Waals surface area contributed by atoms with Gasteiger partial charge in [0.2, 0.25) is 0 Å². The lowest BCUT2D eigenvalue weighted by molar-refractivity contribution is -0.386. The van der Waals surface area contributed by atoms with Crippen LogP contribution in [0.5, 0.6) is 11.5 Å². The summed E-state index contributed by atoms with van der Waals surface area (Å²) >= 11 is 0. The molecule has 0 spiro atoms. The molecule has 0 radical (unpaired) electrons. The van der Waals surface area contributed by atoms with Gasteiger partial charge in [-0.1, -0.05) is 0 Å². The molecule has 8 nitrogen and oxygen atoms in total. The summed E-state index contributed by atoms with van der Waals surface area (Å²) in [6.07, 6.45) is 1.68. The summed E-state index contributed by atoms with van der Waals surface area (Å²) in [5.41, 5.74) is 0.242. The topological polar surface area (TPSA) is 103 Å². The first kappa shape index (κ1) is 13.6. The van der Waals surface area contributed by atoms with E-state index in [4.69, 9.17) is 9.47 Å². The summed E-state index contributed by atoms with van der Waals surface area (Å²) < 4.78 is 10.9. The van der Waals surface area contributed by atoms with Crippen LogP contribution in [0.15, 0.2) is 12.1 Å². The molecular formula is C13H15N3O5. The monoisotopic (exact) mass is 293 g/mol. The first-order valence-corrected chi connectivity index (χ1v) is 6.76. The summed E-state index contributed by atoms with van der Waals surface area (Å²) in [6, 6.07) is 2.75. The molecule has 8 heteroatoms. The Hall–Kier alpha value is -2.35. The molecule has 0 saturated carbocycles. The minimum absolute atomic E-state index is 0.115. The van der Waals surface area contributed by atoms with Crippen molar-refractivity contribution in [3.63, 3.8) is 0 Å². The molecule has 1 atom stereocenters. The second kappa shape index (κ2) is 5.57. The van der Waals surface area contributed by atoms with Gasteiger partial charge in [-0.15, -0.1) is 0 Å². The van der Waals surface area contributed by atoms with E-state index in [0.29, 0.717) is 12.2 Å². The third kappa shape index (κ3) is 2.89. The highest BCUT2D eigenvalue weighted by atomic mass is 16.6. The average molecular weight is 293 g/mol. The van der Waals surface area contributed by atoms with Crippen LogP contribution in [0, 0.1) is 10.1 Å². The van der Waals surface area contributed by atoms with Gasteiger partial charge in [-0.05, 0) is 19.4 Å². The van der Waals surface area contributed by atoms with Crippen LogP contribution >= 0.6 is 0 Å².